The van der Waals surface area contributed by atoms with Crippen LogP contribution in [0, 0.1) is 6.92 Å². The molecule has 6 heteroatoms. The standard InChI is InChI=1S/C22H33N5O/c1-7-9-16(10-8-2)27-13-23-20-21(27)24-15(5)19(26-20)17-11-12-18(14(3)4)25-22(17)28-6/h11-12,14,16H,7-10,13H2,1-6H3,(H,23,26). The summed E-state index contributed by atoms with van der Waals surface area (Å²) in [6.45, 7) is 11.5. The Kier molecular flexibility index (Phi) is 6.37. The number of anilines is 2. The van der Waals surface area contributed by atoms with Gasteiger partial charge in [0, 0.05) is 11.7 Å². The van der Waals surface area contributed by atoms with Crippen LogP contribution in [0.25, 0.3) is 11.3 Å². The fraction of sp³-hybridized carbons (Fsp3) is 0.591. The Hall–Kier alpha value is -2.37. The van der Waals surface area contributed by atoms with Crippen LogP contribution in [-0.4, -0.2) is 34.8 Å². The first kappa shape index (κ1) is 20.4. The van der Waals surface area contributed by atoms with Crippen molar-refractivity contribution in [3.8, 4) is 17.1 Å². The molecule has 0 amide bonds. The van der Waals surface area contributed by atoms with Crippen LogP contribution >= 0.6 is 0 Å². The molecule has 3 heterocycles. The minimum atomic E-state index is 0.347. The van der Waals surface area contributed by atoms with Crippen molar-refractivity contribution in [2.24, 2.45) is 0 Å². The topological polar surface area (TPSA) is 63.2 Å². The molecule has 2 aromatic heterocycles. The number of pyridine rings is 1. The van der Waals surface area contributed by atoms with Crippen molar-refractivity contribution in [3.63, 3.8) is 0 Å². The van der Waals surface area contributed by atoms with E-state index in [9.17, 15) is 0 Å². The Labute approximate surface area is 168 Å². The fourth-order valence-corrected chi connectivity index (χ4v) is 3.85. The van der Waals surface area contributed by atoms with Crippen LogP contribution in [0.15, 0.2) is 12.1 Å². The number of aromatic nitrogens is 3. The van der Waals surface area contributed by atoms with Crippen molar-refractivity contribution >= 4 is 11.6 Å². The molecule has 1 aliphatic heterocycles. The van der Waals surface area contributed by atoms with Gasteiger partial charge in [-0.25, -0.2) is 15.0 Å². The molecule has 0 fully saturated rings. The van der Waals surface area contributed by atoms with Crippen LogP contribution < -0.4 is 15.0 Å². The van der Waals surface area contributed by atoms with Crippen molar-refractivity contribution in [1.82, 2.24) is 15.0 Å². The molecule has 0 unspecified atom stereocenters. The molecule has 1 N–H and O–H groups in total. The highest BCUT2D eigenvalue weighted by Crippen LogP contribution is 2.37. The summed E-state index contributed by atoms with van der Waals surface area (Å²) >= 11 is 0. The Morgan fingerprint density at radius 3 is 2.43 bits per heavy atom. The molecule has 28 heavy (non-hydrogen) atoms. The van der Waals surface area contributed by atoms with Crippen LogP contribution in [-0.2, 0) is 0 Å². The van der Waals surface area contributed by atoms with Gasteiger partial charge >= 0.3 is 0 Å². The lowest BCUT2D eigenvalue weighted by Crippen LogP contribution is -2.35. The Morgan fingerprint density at radius 2 is 1.82 bits per heavy atom. The van der Waals surface area contributed by atoms with Gasteiger partial charge in [0.15, 0.2) is 11.6 Å². The first-order chi connectivity index (χ1) is 13.5. The maximum absolute atomic E-state index is 5.58. The highest BCUT2D eigenvalue weighted by molar-refractivity contribution is 5.75. The second-order valence-corrected chi connectivity index (χ2v) is 7.81. The molecule has 0 atom stereocenters. The summed E-state index contributed by atoms with van der Waals surface area (Å²) in [6.07, 6.45) is 4.69. The predicted molar refractivity (Wildman–Crippen MR) is 115 cm³/mol. The lowest BCUT2D eigenvalue weighted by Gasteiger charge is -2.28. The van der Waals surface area contributed by atoms with E-state index in [1.54, 1.807) is 7.11 Å². The van der Waals surface area contributed by atoms with Crippen molar-refractivity contribution < 1.29 is 4.74 Å². The Morgan fingerprint density at radius 1 is 1.11 bits per heavy atom. The summed E-state index contributed by atoms with van der Waals surface area (Å²) in [4.78, 5) is 16.9. The van der Waals surface area contributed by atoms with Crippen LogP contribution in [0.1, 0.15) is 70.7 Å². The van der Waals surface area contributed by atoms with Gasteiger partial charge in [-0.15, -0.1) is 0 Å². The van der Waals surface area contributed by atoms with E-state index in [1.807, 2.05) is 13.0 Å². The maximum atomic E-state index is 5.58. The molecular formula is C22H33N5O. The third-order valence-corrected chi connectivity index (χ3v) is 5.35. The molecule has 0 saturated carbocycles. The normalized spacial score (nSPS) is 13.2. The van der Waals surface area contributed by atoms with Crippen molar-refractivity contribution in [1.29, 1.82) is 0 Å². The van der Waals surface area contributed by atoms with E-state index >= 15 is 0 Å². The molecule has 0 spiro atoms. The largest absolute Gasteiger partial charge is 0.480 e. The van der Waals surface area contributed by atoms with Gasteiger partial charge in [-0.2, -0.15) is 0 Å². The number of rotatable bonds is 8. The summed E-state index contributed by atoms with van der Waals surface area (Å²) in [7, 11) is 1.66. The quantitative estimate of drug-likeness (QED) is 0.681. The average molecular weight is 384 g/mol. The molecule has 0 radical (unpaired) electrons. The third kappa shape index (κ3) is 3.91. The number of hydrogen-bond acceptors (Lipinski definition) is 6. The Balaban J connectivity index is 1.99. The summed E-state index contributed by atoms with van der Waals surface area (Å²) < 4.78 is 5.58. The second kappa shape index (κ2) is 8.76. The number of hydrogen-bond donors (Lipinski definition) is 1. The molecule has 0 bridgehead atoms. The number of fused-ring (bicyclic) bond motifs is 1. The van der Waals surface area contributed by atoms with Gasteiger partial charge in [0.1, 0.15) is 0 Å². The lowest BCUT2D eigenvalue weighted by atomic mass is 10.1. The highest BCUT2D eigenvalue weighted by atomic mass is 16.5. The number of nitrogens with zero attached hydrogens (tertiary/aromatic N) is 4. The monoisotopic (exact) mass is 383 g/mol. The summed E-state index contributed by atoms with van der Waals surface area (Å²) in [5.41, 5.74) is 3.63. The van der Waals surface area contributed by atoms with Gasteiger partial charge in [0.25, 0.3) is 0 Å². The van der Waals surface area contributed by atoms with Gasteiger partial charge < -0.3 is 15.0 Å². The summed E-state index contributed by atoms with van der Waals surface area (Å²) in [5.74, 6) is 2.78. The van der Waals surface area contributed by atoms with E-state index in [1.165, 1.54) is 25.7 Å². The third-order valence-electron chi connectivity index (χ3n) is 5.35. The number of nitrogens with one attached hydrogen (secondary N) is 1. The number of methoxy groups -OCH3 is 1. The van der Waals surface area contributed by atoms with Crippen molar-refractivity contribution in [2.45, 2.75) is 72.3 Å². The maximum Gasteiger partial charge on any atom is 0.222 e. The van der Waals surface area contributed by atoms with E-state index in [0.717, 1.165) is 40.9 Å². The molecule has 1 aliphatic rings. The van der Waals surface area contributed by atoms with E-state index in [-0.39, 0.29) is 0 Å². The van der Waals surface area contributed by atoms with Crippen LogP contribution in [0.5, 0.6) is 5.88 Å². The first-order valence-corrected chi connectivity index (χ1v) is 10.4. The number of ether oxygens (including phenoxy) is 1. The van der Waals surface area contributed by atoms with Crippen LogP contribution in [0.4, 0.5) is 11.6 Å². The summed E-state index contributed by atoms with van der Waals surface area (Å²) in [5, 5.41) is 3.44. The molecule has 0 aromatic carbocycles. The zero-order valence-electron chi connectivity index (χ0n) is 18.0. The van der Waals surface area contributed by atoms with Gasteiger partial charge in [0.2, 0.25) is 5.88 Å². The first-order valence-electron chi connectivity index (χ1n) is 10.4. The van der Waals surface area contributed by atoms with E-state index in [0.29, 0.717) is 17.8 Å². The zero-order valence-corrected chi connectivity index (χ0v) is 18.0. The van der Waals surface area contributed by atoms with E-state index in [4.69, 9.17) is 14.7 Å². The SMILES string of the molecule is CCCC(CCC)N1CNc2nc(-c3ccc(C(C)C)nc3OC)c(C)nc21. The highest BCUT2D eigenvalue weighted by Gasteiger charge is 2.29. The molecule has 0 saturated heterocycles. The molecule has 2 aromatic rings. The van der Waals surface area contributed by atoms with Gasteiger partial charge in [-0.1, -0.05) is 40.5 Å². The molecular weight excluding hydrogens is 350 g/mol. The molecule has 6 nitrogen and oxygen atoms in total. The van der Waals surface area contributed by atoms with Crippen LogP contribution in [0.2, 0.25) is 0 Å². The van der Waals surface area contributed by atoms with Gasteiger partial charge in [-0.05, 0) is 37.8 Å². The second-order valence-electron chi connectivity index (χ2n) is 7.81. The fourth-order valence-electron chi connectivity index (χ4n) is 3.85. The van der Waals surface area contributed by atoms with Gasteiger partial charge in [0.05, 0.1) is 30.7 Å². The minimum Gasteiger partial charge on any atom is -0.480 e. The van der Waals surface area contributed by atoms with Crippen molar-refractivity contribution in [3.05, 3.63) is 23.5 Å². The zero-order chi connectivity index (χ0) is 20.3. The average Bonchev–Trinajstić information content (AvgIpc) is 3.09. The summed E-state index contributed by atoms with van der Waals surface area (Å²) in [6, 6.07) is 4.61. The lowest BCUT2D eigenvalue weighted by molar-refractivity contribution is 0.397. The number of aryl methyl sites for hydroxylation is 1. The minimum absolute atomic E-state index is 0.347. The molecule has 0 aliphatic carbocycles. The van der Waals surface area contributed by atoms with Gasteiger partial charge in [-0.3, -0.25) is 0 Å². The molecule has 3 rings (SSSR count). The Bertz CT molecular complexity index is 815. The van der Waals surface area contributed by atoms with Crippen molar-refractivity contribution in [2.75, 3.05) is 24.0 Å². The van der Waals surface area contributed by atoms with Crippen LogP contribution in [0.3, 0.4) is 0 Å². The smallest absolute Gasteiger partial charge is 0.222 e. The predicted octanol–water partition coefficient (Wildman–Crippen LogP) is 5.14. The van der Waals surface area contributed by atoms with E-state index in [2.05, 4.69) is 49.0 Å². The molecule has 152 valence electrons. The van der Waals surface area contributed by atoms with E-state index < -0.39 is 0 Å².